The van der Waals surface area contributed by atoms with Gasteiger partial charge < -0.3 is 15.1 Å². The predicted octanol–water partition coefficient (Wildman–Crippen LogP) is 4.42. The van der Waals surface area contributed by atoms with E-state index in [4.69, 9.17) is 16.6 Å². The van der Waals surface area contributed by atoms with Crippen molar-refractivity contribution in [2.24, 2.45) is 0 Å². The van der Waals surface area contributed by atoms with E-state index in [-0.39, 0.29) is 16.8 Å². The van der Waals surface area contributed by atoms with Crippen molar-refractivity contribution in [2.75, 3.05) is 10.6 Å². The standard InChI is InChI=1S/C19H14BrN3O3S/c20-16-10-9-15(26-16)18(25)23-19(27)22-14-8-4-7-13(11-14)21-17(24)12-5-2-1-3-6-12/h1-11H,(H,21,24)(H2,22,23,25,27). The molecule has 0 spiro atoms. The van der Waals surface area contributed by atoms with Crippen LogP contribution in [0, 0.1) is 0 Å². The van der Waals surface area contributed by atoms with E-state index in [9.17, 15) is 9.59 Å². The molecule has 2 aromatic carbocycles. The minimum atomic E-state index is -0.466. The lowest BCUT2D eigenvalue weighted by molar-refractivity contribution is 0.0948. The number of benzene rings is 2. The second-order valence-electron chi connectivity index (χ2n) is 5.41. The van der Waals surface area contributed by atoms with Gasteiger partial charge in [0.15, 0.2) is 15.5 Å². The highest BCUT2D eigenvalue weighted by Gasteiger charge is 2.12. The van der Waals surface area contributed by atoms with Crippen LogP contribution in [0.15, 0.2) is 75.8 Å². The van der Waals surface area contributed by atoms with Crippen molar-refractivity contribution in [1.29, 1.82) is 0 Å². The van der Waals surface area contributed by atoms with E-state index < -0.39 is 5.91 Å². The molecule has 8 heteroatoms. The molecule has 0 saturated heterocycles. The maximum absolute atomic E-state index is 12.2. The summed E-state index contributed by atoms with van der Waals surface area (Å²) < 4.78 is 5.62. The van der Waals surface area contributed by atoms with Crippen LogP contribution in [-0.4, -0.2) is 16.9 Å². The second-order valence-corrected chi connectivity index (χ2v) is 6.60. The Balaban J connectivity index is 1.61. The first-order valence-corrected chi connectivity index (χ1v) is 9.05. The third-order valence-corrected chi connectivity index (χ3v) is 4.07. The SMILES string of the molecule is O=C(Nc1cccc(NC(=S)NC(=O)c2ccc(Br)o2)c1)c1ccccc1. The second kappa shape index (κ2) is 8.61. The molecule has 0 aliphatic heterocycles. The van der Waals surface area contributed by atoms with Crippen LogP contribution in [0.3, 0.4) is 0 Å². The van der Waals surface area contributed by atoms with Gasteiger partial charge in [-0.1, -0.05) is 24.3 Å². The van der Waals surface area contributed by atoms with E-state index in [0.29, 0.717) is 21.6 Å². The summed E-state index contributed by atoms with van der Waals surface area (Å²) in [6.07, 6.45) is 0. The molecule has 0 aliphatic rings. The number of amides is 2. The molecular formula is C19H14BrN3O3S. The molecular weight excluding hydrogens is 430 g/mol. The Morgan fingerprint density at radius 3 is 2.22 bits per heavy atom. The molecule has 0 atom stereocenters. The van der Waals surface area contributed by atoms with Crippen LogP contribution < -0.4 is 16.0 Å². The van der Waals surface area contributed by atoms with Crippen molar-refractivity contribution in [3.8, 4) is 0 Å². The Morgan fingerprint density at radius 1 is 0.852 bits per heavy atom. The molecule has 0 aliphatic carbocycles. The van der Waals surface area contributed by atoms with Crippen molar-refractivity contribution < 1.29 is 14.0 Å². The zero-order chi connectivity index (χ0) is 19.2. The number of anilines is 2. The number of thiocarbonyl (C=S) groups is 1. The van der Waals surface area contributed by atoms with Crippen LogP contribution >= 0.6 is 28.1 Å². The topological polar surface area (TPSA) is 83.4 Å². The Hall–Kier alpha value is -2.97. The molecule has 27 heavy (non-hydrogen) atoms. The van der Waals surface area contributed by atoms with Crippen molar-refractivity contribution >= 4 is 56.4 Å². The summed E-state index contributed by atoms with van der Waals surface area (Å²) in [6.45, 7) is 0. The third-order valence-electron chi connectivity index (χ3n) is 3.44. The van der Waals surface area contributed by atoms with E-state index in [1.165, 1.54) is 6.07 Å². The third kappa shape index (κ3) is 5.25. The molecule has 0 radical (unpaired) electrons. The van der Waals surface area contributed by atoms with Crippen molar-refractivity contribution in [3.63, 3.8) is 0 Å². The van der Waals surface area contributed by atoms with Crippen molar-refractivity contribution in [3.05, 3.63) is 82.7 Å². The van der Waals surface area contributed by atoms with Gasteiger partial charge in [-0.15, -0.1) is 0 Å². The molecule has 136 valence electrons. The lowest BCUT2D eigenvalue weighted by Crippen LogP contribution is -2.33. The largest absolute Gasteiger partial charge is 0.444 e. The number of carbonyl (C=O) groups is 2. The highest BCUT2D eigenvalue weighted by atomic mass is 79.9. The zero-order valence-electron chi connectivity index (χ0n) is 13.9. The highest BCUT2D eigenvalue weighted by Crippen LogP contribution is 2.17. The summed E-state index contributed by atoms with van der Waals surface area (Å²) in [4.78, 5) is 24.2. The van der Waals surface area contributed by atoms with E-state index >= 15 is 0 Å². The Kier molecular flexibility index (Phi) is 6.00. The maximum Gasteiger partial charge on any atom is 0.293 e. The predicted molar refractivity (Wildman–Crippen MR) is 111 cm³/mol. The van der Waals surface area contributed by atoms with Crippen LogP contribution in [0.1, 0.15) is 20.9 Å². The molecule has 3 N–H and O–H groups in total. The van der Waals surface area contributed by atoms with Crippen molar-refractivity contribution in [1.82, 2.24) is 5.32 Å². The molecule has 3 rings (SSSR count). The van der Waals surface area contributed by atoms with Gasteiger partial charge in [-0.25, -0.2) is 0 Å². The Morgan fingerprint density at radius 2 is 1.56 bits per heavy atom. The molecule has 3 aromatic rings. The van der Waals surface area contributed by atoms with Gasteiger partial charge in [-0.3, -0.25) is 14.9 Å². The first-order chi connectivity index (χ1) is 13.0. The lowest BCUT2D eigenvalue weighted by Gasteiger charge is -2.11. The molecule has 0 bridgehead atoms. The maximum atomic E-state index is 12.2. The van der Waals surface area contributed by atoms with Gasteiger partial charge in [-0.2, -0.15) is 0 Å². The van der Waals surface area contributed by atoms with Crippen LogP contribution in [0.5, 0.6) is 0 Å². The van der Waals surface area contributed by atoms with Crippen molar-refractivity contribution in [2.45, 2.75) is 0 Å². The summed E-state index contributed by atoms with van der Waals surface area (Å²) >= 11 is 8.28. The molecule has 1 heterocycles. The number of carbonyl (C=O) groups excluding carboxylic acids is 2. The summed E-state index contributed by atoms with van der Waals surface area (Å²) in [6, 6.07) is 19.0. The van der Waals surface area contributed by atoms with Crippen LogP contribution in [0.2, 0.25) is 0 Å². The molecule has 2 amide bonds. The fraction of sp³-hybridized carbons (Fsp3) is 0. The normalized spacial score (nSPS) is 10.1. The number of halogens is 1. The fourth-order valence-corrected chi connectivity index (χ4v) is 2.75. The van der Waals surface area contributed by atoms with E-state index in [1.807, 2.05) is 6.07 Å². The van der Waals surface area contributed by atoms with Gasteiger partial charge in [-0.05, 0) is 70.6 Å². The number of furan rings is 1. The molecule has 0 unspecified atom stereocenters. The number of hydrogen-bond donors (Lipinski definition) is 3. The van der Waals surface area contributed by atoms with Gasteiger partial charge in [0.1, 0.15) is 0 Å². The van der Waals surface area contributed by atoms with Crippen LogP contribution in [0.4, 0.5) is 11.4 Å². The monoisotopic (exact) mass is 443 g/mol. The van der Waals surface area contributed by atoms with E-state index in [0.717, 1.165) is 0 Å². The van der Waals surface area contributed by atoms with Gasteiger partial charge in [0, 0.05) is 16.9 Å². The van der Waals surface area contributed by atoms with Gasteiger partial charge >= 0.3 is 0 Å². The summed E-state index contributed by atoms with van der Waals surface area (Å²) in [5.41, 5.74) is 1.77. The average molecular weight is 444 g/mol. The minimum Gasteiger partial charge on any atom is -0.444 e. The highest BCUT2D eigenvalue weighted by molar-refractivity contribution is 9.10. The van der Waals surface area contributed by atoms with Gasteiger partial charge in [0.2, 0.25) is 0 Å². The summed E-state index contributed by atoms with van der Waals surface area (Å²) in [7, 11) is 0. The number of nitrogens with one attached hydrogen (secondary N) is 3. The molecule has 0 saturated carbocycles. The first kappa shape index (κ1) is 18.8. The average Bonchev–Trinajstić information content (AvgIpc) is 3.09. The quantitative estimate of drug-likeness (QED) is 0.519. The number of rotatable bonds is 4. The van der Waals surface area contributed by atoms with Crippen LogP contribution in [0.25, 0.3) is 0 Å². The Labute approximate surface area is 169 Å². The Bertz CT molecular complexity index is 989. The molecule has 1 aromatic heterocycles. The van der Waals surface area contributed by atoms with E-state index in [2.05, 4.69) is 31.9 Å². The fourth-order valence-electron chi connectivity index (χ4n) is 2.23. The zero-order valence-corrected chi connectivity index (χ0v) is 16.3. The molecule has 6 nitrogen and oxygen atoms in total. The van der Waals surface area contributed by atoms with Crippen LogP contribution in [-0.2, 0) is 0 Å². The first-order valence-electron chi connectivity index (χ1n) is 7.85. The summed E-state index contributed by atoms with van der Waals surface area (Å²) in [5.74, 6) is -0.548. The lowest BCUT2D eigenvalue weighted by atomic mass is 10.2. The smallest absolute Gasteiger partial charge is 0.293 e. The van der Waals surface area contributed by atoms with Gasteiger partial charge in [0.05, 0.1) is 0 Å². The van der Waals surface area contributed by atoms with E-state index in [1.54, 1.807) is 54.6 Å². The number of hydrogen-bond acceptors (Lipinski definition) is 4. The van der Waals surface area contributed by atoms with Gasteiger partial charge in [0.25, 0.3) is 11.8 Å². The summed E-state index contributed by atoms with van der Waals surface area (Å²) in [5, 5.41) is 8.34. The molecule has 0 fully saturated rings. The minimum absolute atomic E-state index is 0.110.